The van der Waals surface area contributed by atoms with E-state index in [-0.39, 0.29) is 0 Å². The molecule has 1 saturated carbocycles. The zero-order chi connectivity index (χ0) is 12.4. The minimum atomic E-state index is 0.933. The van der Waals surface area contributed by atoms with Crippen LogP contribution in [-0.2, 0) is 0 Å². The molecule has 18 heavy (non-hydrogen) atoms. The molecular weight excluding hydrogens is 222 g/mol. The summed E-state index contributed by atoms with van der Waals surface area (Å²) in [5.41, 5.74) is 2.62. The first-order valence-electron chi connectivity index (χ1n) is 7.09. The molecular formula is C15H23N3. The van der Waals surface area contributed by atoms with Gasteiger partial charge in [-0.25, -0.2) is 0 Å². The smallest absolute Gasteiger partial charge is 0.0368 e. The van der Waals surface area contributed by atoms with E-state index in [0.29, 0.717) is 0 Å². The van der Waals surface area contributed by atoms with Crippen molar-refractivity contribution >= 4 is 11.4 Å². The van der Waals surface area contributed by atoms with E-state index in [4.69, 9.17) is 0 Å². The van der Waals surface area contributed by atoms with Gasteiger partial charge in [0.1, 0.15) is 0 Å². The normalized spacial score (nSPS) is 21.1. The van der Waals surface area contributed by atoms with Gasteiger partial charge in [0.25, 0.3) is 0 Å². The molecule has 0 spiro atoms. The third-order valence-corrected chi connectivity index (χ3v) is 4.03. The molecule has 2 aliphatic rings. The molecule has 0 aromatic heterocycles. The zero-order valence-corrected chi connectivity index (χ0v) is 11.2. The van der Waals surface area contributed by atoms with E-state index in [1.54, 1.807) is 0 Å². The minimum Gasteiger partial charge on any atom is -0.385 e. The molecule has 3 heteroatoms. The van der Waals surface area contributed by atoms with Crippen molar-refractivity contribution in [1.29, 1.82) is 0 Å². The summed E-state index contributed by atoms with van der Waals surface area (Å²) in [7, 11) is 2.20. The van der Waals surface area contributed by atoms with Gasteiger partial charge in [-0.15, -0.1) is 0 Å². The second kappa shape index (κ2) is 5.19. The first kappa shape index (κ1) is 11.8. The van der Waals surface area contributed by atoms with E-state index in [1.165, 1.54) is 37.3 Å². The molecule has 2 fully saturated rings. The monoisotopic (exact) mass is 245 g/mol. The molecule has 1 aliphatic carbocycles. The third-order valence-electron chi connectivity index (χ3n) is 4.03. The fraction of sp³-hybridized carbons (Fsp3) is 0.600. The summed E-state index contributed by atoms with van der Waals surface area (Å²) >= 11 is 0. The largest absolute Gasteiger partial charge is 0.385 e. The number of nitrogens with one attached hydrogen (secondary N) is 1. The number of anilines is 2. The lowest BCUT2D eigenvalue weighted by atomic mass is 10.2. The van der Waals surface area contributed by atoms with Gasteiger partial charge in [0.2, 0.25) is 0 Å². The molecule has 3 rings (SSSR count). The van der Waals surface area contributed by atoms with E-state index >= 15 is 0 Å². The lowest BCUT2D eigenvalue weighted by Gasteiger charge is -2.34. The molecule has 1 heterocycles. The molecule has 1 aliphatic heterocycles. The Kier molecular flexibility index (Phi) is 3.41. The molecule has 1 aromatic rings. The van der Waals surface area contributed by atoms with E-state index in [0.717, 1.165) is 25.6 Å². The van der Waals surface area contributed by atoms with Gasteiger partial charge < -0.3 is 15.1 Å². The first-order valence-corrected chi connectivity index (χ1v) is 7.09. The Labute approximate surface area is 110 Å². The van der Waals surface area contributed by atoms with Crippen molar-refractivity contribution in [2.45, 2.75) is 12.8 Å². The Balaban J connectivity index is 1.56. The maximum atomic E-state index is 3.52. The second-order valence-electron chi connectivity index (χ2n) is 5.66. The van der Waals surface area contributed by atoms with E-state index in [2.05, 4.69) is 46.4 Å². The highest BCUT2D eigenvalue weighted by atomic mass is 15.2. The lowest BCUT2D eigenvalue weighted by Crippen LogP contribution is -2.44. The number of benzene rings is 1. The van der Waals surface area contributed by atoms with Crippen molar-refractivity contribution in [2.75, 3.05) is 50.0 Å². The van der Waals surface area contributed by atoms with Gasteiger partial charge in [0.05, 0.1) is 0 Å². The van der Waals surface area contributed by atoms with E-state index in [9.17, 15) is 0 Å². The van der Waals surface area contributed by atoms with Crippen molar-refractivity contribution in [3.63, 3.8) is 0 Å². The predicted molar refractivity (Wildman–Crippen MR) is 77.4 cm³/mol. The molecule has 0 unspecified atom stereocenters. The number of hydrogen-bond acceptors (Lipinski definition) is 3. The van der Waals surface area contributed by atoms with Crippen LogP contribution < -0.4 is 10.2 Å². The van der Waals surface area contributed by atoms with Gasteiger partial charge in [-0.05, 0) is 50.1 Å². The number of likely N-dealkylation sites (N-methyl/N-ethyl adjacent to an activating group) is 1. The molecule has 0 bridgehead atoms. The molecule has 3 nitrogen and oxygen atoms in total. The predicted octanol–water partition coefficient (Wildman–Crippen LogP) is 2.26. The van der Waals surface area contributed by atoms with Crippen molar-refractivity contribution in [3.8, 4) is 0 Å². The quantitative estimate of drug-likeness (QED) is 0.878. The van der Waals surface area contributed by atoms with Crippen LogP contribution in [0.5, 0.6) is 0 Å². The van der Waals surface area contributed by atoms with Crippen LogP contribution in [0.4, 0.5) is 11.4 Å². The maximum absolute atomic E-state index is 3.52. The van der Waals surface area contributed by atoms with Gasteiger partial charge in [-0.1, -0.05) is 0 Å². The van der Waals surface area contributed by atoms with Gasteiger partial charge in [-0.3, -0.25) is 0 Å². The fourth-order valence-electron chi connectivity index (χ4n) is 2.44. The van der Waals surface area contributed by atoms with Crippen molar-refractivity contribution in [3.05, 3.63) is 24.3 Å². The Morgan fingerprint density at radius 1 is 1.06 bits per heavy atom. The number of nitrogens with zero attached hydrogens (tertiary/aromatic N) is 2. The Morgan fingerprint density at radius 3 is 2.33 bits per heavy atom. The Bertz CT molecular complexity index is 375. The standard InChI is InChI=1S/C15H23N3/c1-17-8-10-18(11-9-17)15-6-4-14(5-7-15)16-12-13-2-3-13/h4-7,13,16H,2-3,8-12H2,1H3. The SMILES string of the molecule is CN1CCN(c2ccc(NCC3CC3)cc2)CC1. The summed E-state index contributed by atoms with van der Waals surface area (Å²) in [4.78, 5) is 4.87. The lowest BCUT2D eigenvalue weighted by molar-refractivity contribution is 0.313. The van der Waals surface area contributed by atoms with Gasteiger partial charge >= 0.3 is 0 Å². The average molecular weight is 245 g/mol. The number of rotatable bonds is 4. The fourth-order valence-corrected chi connectivity index (χ4v) is 2.44. The number of hydrogen-bond donors (Lipinski definition) is 1. The molecule has 1 aromatic carbocycles. The first-order chi connectivity index (χ1) is 8.81. The molecule has 98 valence electrons. The Morgan fingerprint density at radius 2 is 1.72 bits per heavy atom. The van der Waals surface area contributed by atoms with Crippen LogP contribution in [0.15, 0.2) is 24.3 Å². The van der Waals surface area contributed by atoms with Crippen LogP contribution in [0.3, 0.4) is 0 Å². The summed E-state index contributed by atoms with van der Waals surface area (Å²) < 4.78 is 0. The van der Waals surface area contributed by atoms with Gasteiger partial charge in [0.15, 0.2) is 0 Å². The summed E-state index contributed by atoms with van der Waals surface area (Å²) in [5, 5.41) is 3.52. The third kappa shape index (κ3) is 2.96. The summed E-state index contributed by atoms with van der Waals surface area (Å²) in [6.45, 7) is 5.77. The zero-order valence-electron chi connectivity index (χ0n) is 11.2. The van der Waals surface area contributed by atoms with Crippen molar-refractivity contribution in [2.24, 2.45) is 5.92 Å². The highest BCUT2D eigenvalue weighted by Crippen LogP contribution is 2.29. The van der Waals surface area contributed by atoms with Crippen molar-refractivity contribution in [1.82, 2.24) is 4.90 Å². The minimum absolute atomic E-state index is 0.933. The second-order valence-corrected chi connectivity index (χ2v) is 5.66. The maximum Gasteiger partial charge on any atom is 0.0368 e. The molecule has 0 atom stereocenters. The van der Waals surface area contributed by atoms with Crippen LogP contribution in [0, 0.1) is 5.92 Å². The average Bonchev–Trinajstić information content (AvgIpc) is 3.22. The summed E-state index contributed by atoms with van der Waals surface area (Å²) in [6.07, 6.45) is 2.82. The van der Waals surface area contributed by atoms with Crippen LogP contribution in [0.2, 0.25) is 0 Å². The van der Waals surface area contributed by atoms with Gasteiger partial charge in [0, 0.05) is 44.1 Å². The van der Waals surface area contributed by atoms with Crippen LogP contribution in [0.25, 0.3) is 0 Å². The van der Waals surface area contributed by atoms with Crippen LogP contribution >= 0.6 is 0 Å². The Hall–Kier alpha value is -1.22. The van der Waals surface area contributed by atoms with E-state index in [1.807, 2.05) is 0 Å². The van der Waals surface area contributed by atoms with Crippen molar-refractivity contribution < 1.29 is 0 Å². The highest BCUT2D eigenvalue weighted by Gasteiger charge is 2.20. The molecule has 1 saturated heterocycles. The van der Waals surface area contributed by atoms with Crippen LogP contribution in [0.1, 0.15) is 12.8 Å². The summed E-state index contributed by atoms with van der Waals surface area (Å²) in [6, 6.07) is 8.94. The van der Waals surface area contributed by atoms with E-state index < -0.39 is 0 Å². The topological polar surface area (TPSA) is 18.5 Å². The van der Waals surface area contributed by atoms with Gasteiger partial charge in [-0.2, -0.15) is 0 Å². The molecule has 0 amide bonds. The highest BCUT2D eigenvalue weighted by molar-refractivity contribution is 5.55. The number of piperazine rings is 1. The molecule has 1 N–H and O–H groups in total. The summed E-state index contributed by atoms with van der Waals surface area (Å²) in [5.74, 6) is 0.933. The van der Waals surface area contributed by atoms with Crippen LogP contribution in [-0.4, -0.2) is 44.7 Å². The molecule has 0 radical (unpaired) electrons.